The lowest BCUT2D eigenvalue weighted by atomic mass is 9.91. The number of hydrogen-bond acceptors (Lipinski definition) is 9. The quantitative estimate of drug-likeness (QED) is 0.238. The molecule has 0 aliphatic carbocycles. The SMILES string of the molecule is CNC(=O)O[C@@H](CC(C)C)C1=NC([C@H]2OC(=O)C/C=C/C(C)=C/[C@@H](O)[C@@H](C)\C=C(C)/C=C(C)\C=C\[C@@H](O)[C@H](C)[C@H](OC)/C(C)=C/C=C/[C@@H]2C)CS1. The lowest BCUT2D eigenvalue weighted by molar-refractivity contribution is -0.150. The second-order valence-corrected chi connectivity index (χ2v) is 15.3. The molecule has 2 rings (SSSR count). The van der Waals surface area contributed by atoms with Gasteiger partial charge in [-0.3, -0.25) is 9.79 Å². The van der Waals surface area contributed by atoms with Crippen LogP contribution in [-0.4, -0.2) is 83.8 Å². The maximum Gasteiger partial charge on any atom is 0.407 e. The van der Waals surface area contributed by atoms with E-state index in [0.29, 0.717) is 12.2 Å². The lowest BCUT2D eigenvalue weighted by Gasteiger charge is -2.26. The van der Waals surface area contributed by atoms with Crippen molar-refractivity contribution < 1.29 is 34.0 Å². The first-order valence-corrected chi connectivity index (χ1v) is 19.0. The highest BCUT2D eigenvalue weighted by Crippen LogP contribution is 2.31. The Morgan fingerprint density at radius 3 is 2.37 bits per heavy atom. The van der Waals surface area contributed by atoms with Crippen molar-refractivity contribution in [2.45, 2.75) is 112 Å². The molecule has 1 unspecified atom stereocenters. The summed E-state index contributed by atoms with van der Waals surface area (Å²) in [5.74, 6) is -0.112. The first-order valence-electron chi connectivity index (χ1n) is 18.0. The summed E-state index contributed by atoms with van der Waals surface area (Å²) in [7, 11) is 3.17. The molecule has 0 fully saturated rings. The van der Waals surface area contributed by atoms with E-state index in [2.05, 4.69) is 19.2 Å². The van der Waals surface area contributed by atoms with Crippen molar-refractivity contribution in [3.05, 3.63) is 83.1 Å². The molecule has 0 saturated heterocycles. The van der Waals surface area contributed by atoms with Gasteiger partial charge in [-0.05, 0) is 45.6 Å². The van der Waals surface area contributed by atoms with Gasteiger partial charge in [0.15, 0.2) is 6.10 Å². The molecular formula is C41H62N2O7S. The Hall–Kier alpha value is -3.18. The van der Waals surface area contributed by atoms with E-state index < -0.39 is 30.5 Å². The van der Waals surface area contributed by atoms with Crippen molar-refractivity contribution in [1.82, 2.24) is 5.32 Å². The number of methoxy groups -OCH3 is 1. The molecule has 9 atom stereocenters. The highest BCUT2D eigenvalue weighted by molar-refractivity contribution is 8.14. The minimum absolute atomic E-state index is 0.0568. The standard InChI is InChI=1S/C41H62N2O7S/c1-25(2)20-36(49-41(47)42-10)40-43-33(24-51-40)39-30(7)16-13-15-29(6)38(48-11)32(9)34(44)19-18-27(4)21-28(5)22-31(8)35(45)23-26(3)14-12-17-37(46)50-39/h12-16,18-19,21-23,25,30-36,38-39,44-45H,17,20,24H2,1-11H3,(H,42,47)/b14-12+,16-13+,19-18+,26-23+,27-21-,28-22-,29-15+/t30-,31-,32-,33?,34+,35+,36-,38+,39-/m0/s1. The summed E-state index contributed by atoms with van der Waals surface area (Å²) in [6.45, 7) is 17.9. The summed E-state index contributed by atoms with van der Waals surface area (Å²) in [6, 6.07) is -0.342. The average Bonchev–Trinajstić information content (AvgIpc) is 3.55. The molecule has 9 nitrogen and oxygen atoms in total. The molecule has 0 aromatic heterocycles. The van der Waals surface area contributed by atoms with Crippen molar-refractivity contribution in [1.29, 1.82) is 0 Å². The van der Waals surface area contributed by atoms with Crippen LogP contribution in [0.4, 0.5) is 4.79 Å². The Morgan fingerprint density at radius 1 is 1.02 bits per heavy atom. The lowest BCUT2D eigenvalue weighted by Crippen LogP contribution is -2.35. The number of rotatable bonds is 6. The zero-order chi connectivity index (χ0) is 38.2. The van der Waals surface area contributed by atoms with Crippen LogP contribution in [0.1, 0.15) is 75.2 Å². The zero-order valence-corrected chi connectivity index (χ0v) is 33.3. The summed E-state index contributed by atoms with van der Waals surface area (Å²) in [5.41, 5.74) is 3.75. The third-order valence-electron chi connectivity index (χ3n) is 8.94. The molecule has 1 amide bonds. The number of cyclic esters (lactones) is 1. The van der Waals surface area contributed by atoms with Gasteiger partial charge < -0.3 is 29.7 Å². The number of alkyl carbamates (subject to hydrolysis) is 1. The Balaban J connectivity index is 2.51. The van der Waals surface area contributed by atoms with Crippen molar-refractivity contribution in [2.75, 3.05) is 19.9 Å². The average molecular weight is 727 g/mol. The zero-order valence-electron chi connectivity index (χ0n) is 32.5. The Bertz CT molecular complexity index is 1410. The molecule has 0 aromatic rings. The second kappa shape index (κ2) is 22.0. The van der Waals surface area contributed by atoms with Crippen LogP contribution in [0, 0.1) is 23.7 Å². The second-order valence-electron chi connectivity index (χ2n) is 14.3. The van der Waals surface area contributed by atoms with Gasteiger partial charge in [-0.15, -0.1) is 11.8 Å². The Kier molecular flexibility index (Phi) is 19.0. The number of carbonyl (C=O) groups excluding carboxylic acids is 2. The number of allylic oxidation sites excluding steroid dienone is 8. The normalized spacial score (nSPS) is 35.9. The number of amides is 1. The van der Waals surface area contributed by atoms with Crippen LogP contribution < -0.4 is 5.32 Å². The van der Waals surface area contributed by atoms with Crippen LogP contribution in [0.25, 0.3) is 0 Å². The molecule has 284 valence electrons. The third kappa shape index (κ3) is 15.1. The van der Waals surface area contributed by atoms with Gasteiger partial charge in [-0.25, -0.2) is 4.79 Å². The van der Waals surface area contributed by atoms with Crippen LogP contribution in [0.3, 0.4) is 0 Å². The van der Waals surface area contributed by atoms with Crippen LogP contribution in [0.5, 0.6) is 0 Å². The number of ether oxygens (including phenoxy) is 3. The molecule has 0 saturated carbocycles. The van der Waals surface area contributed by atoms with Gasteiger partial charge in [0.1, 0.15) is 11.1 Å². The Morgan fingerprint density at radius 2 is 1.73 bits per heavy atom. The first-order chi connectivity index (χ1) is 24.1. The van der Waals surface area contributed by atoms with E-state index in [0.717, 1.165) is 27.3 Å². The van der Waals surface area contributed by atoms with Crippen LogP contribution in [0.15, 0.2) is 88.0 Å². The molecule has 2 aliphatic heterocycles. The number of aliphatic imine (C=N–C) groups is 1. The van der Waals surface area contributed by atoms with Crippen LogP contribution >= 0.6 is 11.8 Å². The number of aliphatic hydroxyl groups excluding tert-OH is 2. The van der Waals surface area contributed by atoms with Gasteiger partial charge in [0.25, 0.3) is 0 Å². The number of thioether (sulfide) groups is 1. The van der Waals surface area contributed by atoms with Crippen molar-refractivity contribution in [2.24, 2.45) is 28.7 Å². The van der Waals surface area contributed by atoms with Gasteiger partial charge >= 0.3 is 12.1 Å². The van der Waals surface area contributed by atoms with E-state index in [1.165, 1.54) is 18.8 Å². The number of esters is 1. The van der Waals surface area contributed by atoms with E-state index in [1.54, 1.807) is 25.3 Å². The molecule has 3 N–H and O–H groups in total. The van der Waals surface area contributed by atoms with Crippen LogP contribution in [-0.2, 0) is 19.0 Å². The molecule has 0 radical (unpaired) electrons. The third-order valence-corrected chi connectivity index (χ3v) is 10.1. The van der Waals surface area contributed by atoms with Crippen molar-refractivity contribution >= 4 is 28.9 Å². The van der Waals surface area contributed by atoms with E-state index in [1.807, 2.05) is 91.0 Å². The van der Waals surface area contributed by atoms with Crippen LogP contribution in [0.2, 0.25) is 0 Å². The molecule has 51 heavy (non-hydrogen) atoms. The molecule has 0 aromatic carbocycles. The number of aliphatic hydroxyl groups is 2. The number of hydrogen-bond donors (Lipinski definition) is 3. The monoisotopic (exact) mass is 726 g/mol. The van der Waals surface area contributed by atoms with Crippen molar-refractivity contribution in [3.63, 3.8) is 0 Å². The molecule has 0 spiro atoms. The minimum Gasteiger partial charge on any atom is -0.459 e. The maximum absolute atomic E-state index is 13.3. The fourth-order valence-electron chi connectivity index (χ4n) is 6.10. The summed E-state index contributed by atoms with van der Waals surface area (Å²) in [4.78, 5) is 30.4. The highest BCUT2D eigenvalue weighted by atomic mass is 32.2. The number of nitrogens with one attached hydrogen (secondary N) is 1. The van der Waals surface area contributed by atoms with Gasteiger partial charge in [0.05, 0.1) is 30.8 Å². The van der Waals surface area contributed by atoms with Gasteiger partial charge in [0.2, 0.25) is 0 Å². The fourth-order valence-corrected chi connectivity index (χ4v) is 7.24. The van der Waals surface area contributed by atoms with E-state index in [4.69, 9.17) is 19.2 Å². The van der Waals surface area contributed by atoms with E-state index in [9.17, 15) is 19.8 Å². The smallest absolute Gasteiger partial charge is 0.407 e. The fraction of sp³-hybridized carbons (Fsp3) is 0.585. The topological polar surface area (TPSA) is 127 Å². The first kappa shape index (κ1) is 44.0. The Labute approximate surface area is 310 Å². The summed E-state index contributed by atoms with van der Waals surface area (Å²) in [6.07, 6.45) is 16.3. The molecular weight excluding hydrogens is 665 g/mol. The number of carbonyl (C=O) groups is 2. The maximum atomic E-state index is 13.3. The van der Waals surface area contributed by atoms with Gasteiger partial charge in [-0.2, -0.15) is 0 Å². The van der Waals surface area contributed by atoms with Gasteiger partial charge in [-0.1, -0.05) is 112 Å². The highest BCUT2D eigenvalue weighted by Gasteiger charge is 2.36. The van der Waals surface area contributed by atoms with Crippen molar-refractivity contribution in [3.8, 4) is 0 Å². The van der Waals surface area contributed by atoms with Gasteiger partial charge in [0, 0.05) is 37.7 Å². The van der Waals surface area contributed by atoms with E-state index in [-0.39, 0.29) is 48.2 Å². The molecule has 10 heteroatoms. The molecule has 0 bridgehead atoms. The predicted octanol–water partition coefficient (Wildman–Crippen LogP) is 7.69. The summed E-state index contributed by atoms with van der Waals surface area (Å²) < 4.78 is 17.7. The minimum atomic E-state index is -0.746. The largest absolute Gasteiger partial charge is 0.459 e. The molecule has 2 aliphatic rings. The summed E-state index contributed by atoms with van der Waals surface area (Å²) in [5, 5.41) is 25.2. The predicted molar refractivity (Wildman–Crippen MR) is 210 cm³/mol. The van der Waals surface area contributed by atoms with E-state index >= 15 is 0 Å². The summed E-state index contributed by atoms with van der Waals surface area (Å²) >= 11 is 1.53. The number of nitrogens with zero attached hydrogens (tertiary/aromatic N) is 1. The molecule has 2 heterocycles.